The molecule has 0 amide bonds. The molecule has 0 aliphatic rings. The second-order valence-corrected chi connectivity index (χ2v) is 4.28. The van der Waals surface area contributed by atoms with Gasteiger partial charge in [0.2, 0.25) is 11.7 Å². The van der Waals surface area contributed by atoms with Crippen LogP contribution in [-0.2, 0) is 0 Å². The molecule has 0 aliphatic carbocycles. The summed E-state index contributed by atoms with van der Waals surface area (Å²) in [7, 11) is 0. The van der Waals surface area contributed by atoms with Crippen molar-refractivity contribution in [3.8, 4) is 6.07 Å². The molecule has 1 aromatic carbocycles. The van der Waals surface area contributed by atoms with Gasteiger partial charge in [-0.05, 0) is 19.9 Å². The molecule has 0 atom stereocenters. The van der Waals surface area contributed by atoms with E-state index in [1.165, 1.54) is 5.56 Å². The molecule has 3 rings (SSSR count). The average molecular weight is 222 g/mol. The zero-order valence-corrected chi connectivity index (χ0v) is 9.81. The number of para-hydroxylation sites is 1. The first-order valence-electron chi connectivity index (χ1n) is 5.54. The molecule has 17 heavy (non-hydrogen) atoms. The molecule has 3 aromatic rings. The highest BCUT2D eigenvalue weighted by Crippen LogP contribution is 2.18. The first-order valence-corrected chi connectivity index (χ1v) is 5.54. The van der Waals surface area contributed by atoms with E-state index in [0.717, 1.165) is 22.2 Å². The van der Waals surface area contributed by atoms with E-state index in [-0.39, 0.29) is 0 Å². The van der Waals surface area contributed by atoms with E-state index in [1.807, 2.05) is 41.9 Å². The van der Waals surface area contributed by atoms with Gasteiger partial charge in [-0.3, -0.25) is 0 Å². The van der Waals surface area contributed by atoms with Crippen molar-refractivity contribution in [2.24, 2.45) is 0 Å². The van der Waals surface area contributed by atoms with E-state index in [1.54, 1.807) is 0 Å². The smallest absolute Gasteiger partial charge is 0.192 e. The van der Waals surface area contributed by atoms with E-state index in [4.69, 9.17) is 0 Å². The van der Waals surface area contributed by atoms with Crippen LogP contribution in [0.2, 0.25) is 0 Å². The number of rotatable bonds is 0. The Bertz CT molecular complexity index is 775. The maximum atomic E-state index is 9.31. The molecule has 0 unspecified atom stereocenters. The number of benzene rings is 1. The van der Waals surface area contributed by atoms with Gasteiger partial charge in [-0.2, -0.15) is 5.26 Å². The number of nitrogens with zero attached hydrogens (tertiary/aromatic N) is 3. The van der Waals surface area contributed by atoms with E-state index in [9.17, 15) is 5.26 Å². The summed E-state index contributed by atoms with van der Waals surface area (Å²) < 4.78 is 4.11. The quantitative estimate of drug-likeness (QED) is 0.536. The number of aryl methyl sites for hydroxylation is 2. The summed E-state index contributed by atoms with van der Waals surface area (Å²) in [5.41, 5.74) is 3.96. The second-order valence-electron chi connectivity index (χ2n) is 4.28. The lowest BCUT2D eigenvalue weighted by atomic mass is 10.1. The van der Waals surface area contributed by atoms with Crippen molar-refractivity contribution in [3.05, 3.63) is 53.5 Å². The lowest BCUT2D eigenvalue weighted by Crippen LogP contribution is -2.30. The molecule has 0 saturated heterocycles. The van der Waals surface area contributed by atoms with E-state index in [2.05, 4.69) is 23.7 Å². The Morgan fingerprint density at radius 1 is 1.24 bits per heavy atom. The van der Waals surface area contributed by atoms with Gasteiger partial charge in [-0.15, -0.1) is 4.52 Å². The summed E-state index contributed by atoms with van der Waals surface area (Å²) >= 11 is 0. The molecular weight excluding hydrogens is 210 g/mol. The van der Waals surface area contributed by atoms with Crippen LogP contribution in [0.1, 0.15) is 16.8 Å². The van der Waals surface area contributed by atoms with Crippen molar-refractivity contribution in [1.29, 1.82) is 5.26 Å². The molecule has 3 nitrogen and oxygen atoms in total. The fraction of sp³-hybridized carbons (Fsp3) is 0.143. The molecule has 2 heterocycles. The van der Waals surface area contributed by atoms with E-state index in [0.29, 0.717) is 0 Å². The van der Waals surface area contributed by atoms with Crippen molar-refractivity contribution in [1.82, 2.24) is 4.52 Å². The van der Waals surface area contributed by atoms with Gasteiger partial charge in [0.15, 0.2) is 0 Å². The molecule has 0 aliphatic heterocycles. The van der Waals surface area contributed by atoms with Crippen LogP contribution >= 0.6 is 0 Å². The molecule has 0 bridgehead atoms. The summed E-state index contributed by atoms with van der Waals surface area (Å²) in [6.07, 6.45) is 4.12. The van der Waals surface area contributed by atoms with Crippen LogP contribution in [0.3, 0.4) is 0 Å². The zero-order chi connectivity index (χ0) is 12.0. The predicted molar refractivity (Wildman–Crippen MR) is 64.7 cm³/mol. The molecule has 0 saturated carbocycles. The Kier molecular flexibility index (Phi) is 1.93. The summed E-state index contributed by atoms with van der Waals surface area (Å²) in [4.78, 5) is 0. The molecular formula is C14H12N3+. The largest absolute Gasteiger partial charge is 0.244 e. The summed E-state index contributed by atoms with van der Waals surface area (Å²) in [5, 5.41) is 10.3. The van der Waals surface area contributed by atoms with Crippen molar-refractivity contribution >= 4 is 10.9 Å². The number of aromatic nitrogens is 2. The first-order chi connectivity index (χ1) is 8.22. The number of hydrogen-bond donors (Lipinski definition) is 0. The average Bonchev–Trinajstić information content (AvgIpc) is 2.72. The van der Waals surface area contributed by atoms with Crippen LogP contribution in [0.4, 0.5) is 0 Å². The third kappa shape index (κ3) is 1.24. The van der Waals surface area contributed by atoms with E-state index < -0.39 is 0 Å². The fourth-order valence-corrected chi connectivity index (χ4v) is 2.32. The third-order valence-corrected chi connectivity index (χ3v) is 3.12. The minimum atomic E-state index is 0.746. The van der Waals surface area contributed by atoms with Gasteiger partial charge < -0.3 is 0 Å². The molecule has 3 heteroatoms. The molecule has 82 valence electrons. The molecule has 0 N–H and O–H groups in total. The molecule has 2 aromatic heterocycles. The van der Waals surface area contributed by atoms with Crippen molar-refractivity contribution in [2.75, 3.05) is 0 Å². The van der Waals surface area contributed by atoms with Crippen LogP contribution in [0.15, 0.2) is 36.7 Å². The second kappa shape index (κ2) is 3.33. The van der Waals surface area contributed by atoms with Crippen LogP contribution in [-0.4, -0.2) is 4.52 Å². The minimum Gasteiger partial charge on any atom is -0.192 e. The van der Waals surface area contributed by atoms with Crippen LogP contribution < -0.4 is 4.52 Å². The summed E-state index contributed by atoms with van der Waals surface area (Å²) in [6, 6.07) is 10.3. The lowest BCUT2D eigenvalue weighted by molar-refractivity contribution is -0.591. The maximum absolute atomic E-state index is 9.31. The van der Waals surface area contributed by atoms with Gasteiger partial charge in [0.25, 0.3) is 0 Å². The Labute approximate surface area is 99.1 Å². The Morgan fingerprint density at radius 3 is 2.76 bits per heavy atom. The SMILES string of the molecule is Cc1cn2c(C)c(C#N)c3ccccc3[n+]2c1. The summed E-state index contributed by atoms with van der Waals surface area (Å²) in [5.74, 6) is 0. The van der Waals surface area contributed by atoms with Crippen LogP contribution in [0.25, 0.3) is 10.9 Å². The summed E-state index contributed by atoms with van der Waals surface area (Å²) in [6.45, 7) is 4.03. The predicted octanol–water partition coefficient (Wildman–Crippen LogP) is 2.17. The number of fused-ring (bicyclic) bond motifs is 3. The Hall–Kier alpha value is -2.34. The normalized spacial score (nSPS) is 10.9. The van der Waals surface area contributed by atoms with Gasteiger partial charge in [0, 0.05) is 11.6 Å². The Morgan fingerprint density at radius 2 is 2.00 bits per heavy atom. The highest BCUT2D eigenvalue weighted by atomic mass is 15.3. The monoisotopic (exact) mass is 222 g/mol. The van der Waals surface area contributed by atoms with Gasteiger partial charge in [0.05, 0.1) is 22.8 Å². The maximum Gasteiger partial charge on any atom is 0.244 e. The van der Waals surface area contributed by atoms with Crippen molar-refractivity contribution in [3.63, 3.8) is 0 Å². The zero-order valence-electron chi connectivity index (χ0n) is 9.81. The van der Waals surface area contributed by atoms with Gasteiger partial charge >= 0.3 is 0 Å². The third-order valence-electron chi connectivity index (χ3n) is 3.12. The van der Waals surface area contributed by atoms with Crippen molar-refractivity contribution in [2.45, 2.75) is 13.8 Å². The molecule has 0 radical (unpaired) electrons. The molecule has 0 spiro atoms. The van der Waals surface area contributed by atoms with Gasteiger partial charge in [-0.1, -0.05) is 16.6 Å². The Balaban J connectivity index is 2.69. The fourth-order valence-electron chi connectivity index (χ4n) is 2.32. The van der Waals surface area contributed by atoms with Gasteiger partial charge in [-0.25, -0.2) is 0 Å². The minimum absolute atomic E-state index is 0.746. The number of nitriles is 1. The number of hydrogen-bond acceptors (Lipinski definition) is 1. The van der Waals surface area contributed by atoms with Gasteiger partial charge in [0.1, 0.15) is 6.07 Å². The first kappa shape index (κ1) is 9.86. The highest BCUT2D eigenvalue weighted by Gasteiger charge is 2.17. The lowest BCUT2D eigenvalue weighted by Gasteiger charge is -2.01. The highest BCUT2D eigenvalue weighted by molar-refractivity contribution is 5.82. The topological polar surface area (TPSA) is 32.3 Å². The van der Waals surface area contributed by atoms with Crippen LogP contribution in [0, 0.1) is 25.2 Å². The van der Waals surface area contributed by atoms with Crippen molar-refractivity contribution < 1.29 is 4.52 Å². The molecule has 0 fully saturated rings. The van der Waals surface area contributed by atoms with E-state index >= 15 is 0 Å². The standard InChI is InChI=1S/C14H12N3/c1-10-8-16-11(2)13(7-15)12-5-3-4-6-14(12)17(16)9-10/h3-6,8-9H,1-2H3/q+1. The van der Waals surface area contributed by atoms with Crippen LogP contribution in [0.5, 0.6) is 0 Å².